The van der Waals surface area contributed by atoms with Crippen LogP contribution in [0.5, 0.6) is 0 Å². The molecular formula is C21H16N2O. The molecule has 0 unspecified atom stereocenters. The fourth-order valence-corrected chi connectivity index (χ4v) is 3.17. The van der Waals surface area contributed by atoms with Crippen LogP contribution in [-0.2, 0) is 0 Å². The third-order valence-electron chi connectivity index (χ3n) is 4.22. The second kappa shape index (κ2) is 5.78. The molecule has 3 heteroatoms. The highest BCUT2D eigenvalue weighted by atomic mass is 16.1. The first-order valence-electron chi connectivity index (χ1n) is 7.86. The van der Waals surface area contributed by atoms with E-state index in [0.717, 1.165) is 39.3 Å². The molecule has 2 aromatic carbocycles. The van der Waals surface area contributed by atoms with Gasteiger partial charge in [0.2, 0.25) is 0 Å². The summed E-state index contributed by atoms with van der Waals surface area (Å²) in [6.45, 7) is 1.95. The van der Waals surface area contributed by atoms with Gasteiger partial charge in [0.1, 0.15) is 5.69 Å². The number of hydrogen-bond acceptors (Lipinski definition) is 2. The largest absolute Gasteiger partial charge is 0.314 e. The van der Waals surface area contributed by atoms with Crippen LogP contribution >= 0.6 is 0 Å². The number of para-hydroxylation sites is 1. The molecule has 0 aliphatic carbocycles. The zero-order chi connectivity index (χ0) is 16.5. The van der Waals surface area contributed by atoms with Crippen molar-refractivity contribution < 1.29 is 4.79 Å². The molecule has 2 heterocycles. The SMILES string of the molecule is Cc1nc(C=O)cc2c3ccccc3n(/C=C/c3ccccc3)c12. The van der Waals surface area contributed by atoms with Crippen LogP contribution in [0.25, 0.3) is 34.1 Å². The summed E-state index contributed by atoms with van der Waals surface area (Å²) < 4.78 is 2.15. The van der Waals surface area contributed by atoms with Gasteiger partial charge in [-0.15, -0.1) is 0 Å². The van der Waals surface area contributed by atoms with Gasteiger partial charge in [-0.1, -0.05) is 48.5 Å². The van der Waals surface area contributed by atoms with Crippen LogP contribution < -0.4 is 0 Å². The van der Waals surface area contributed by atoms with Gasteiger partial charge in [-0.2, -0.15) is 0 Å². The predicted octanol–water partition coefficient (Wildman–Crippen LogP) is 4.94. The summed E-state index contributed by atoms with van der Waals surface area (Å²) in [6.07, 6.45) is 4.95. The zero-order valence-electron chi connectivity index (χ0n) is 13.3. The molecule has 4 rings (SSSR count). The van der Waals surface area contributed by atoms with Crippen LogP contribution in [0.2, 0.25) is 0 Å². The van der Waals surface area contributed by atoms with Crippen molar-refractivity contribution in [1.82, 2.24) is 9.55 Å². The van der Waals surface area contributed by atoms with E-state index in [4.69, 9.17) is 0 Å². The van der Waals surface area contributed by atoms with E-state index >= 15 is 0 Å². The van der Waals surface area contributed by atoms with E-state index in [1.54, 1.807) is 0 Å². The lowest BCUT2D eigenvalue weighted by Crippen LogP contribution is -1.94. The van der Waals surface area contributed by atoms with Gasteiger partial charge in [0.05, 0.1) is 16.7 Å². The van der Waals surface area contributed by atoms with Gasteiger partial charge >= 0.3 is 0 Å². The molecule has 116 valence electrons. The number of fused-ring (bicyclic) bond motifs is 3. The number of benzene rings is 2. The normalized spacial score (nSPS) is 11.5. The van der Waals surface area contributed by atoms with Crippen molar-refractivity contribution in [2.75, 3.05) is 0 Å². The van der Waals surface area contributed by atoms with E-state index in [2.05, 4.69) is 46.1 Å². The lowest BCUT2D eigenvalue weighted by Gasteiger charge is -2.04. The van der Waals surface area contributed by atoms with Gasteiger partial charge in [-0.25, -0.2) is 4.98 Å². The fourth-order valence-electron chi connectivity index (χ4n) is 3.17. The molecule has 2 aromatic heterocycles. The Morgan fingerprint density at radius 3 is 2.50 bits per heavy atom. The number of aromatic nitrogens is 2. The Morgan fingerprint density at radius 1 is 0.958 bits per heavy atom. The highest BCUT2D eigenvalue weighted by molar-refractivity contribution is 6.11. The summed E-state index contributed by atoms with van der Waals surface area (Å²) >= 11 is 0. The van der Waals surface area contributed by atoms with E-state index in [1.807, 2.05) is 43.3 Å². The van der Waals surface area contributed by atoms with Crippen molar-refractivity contribution in [2.24, 2.45) is 0 Å². The van der Waals surface area contributed by atoms with Crippen LogP contribution in [0, 0.1) is 6.92 Å². The lowest BCUT2D eigenvalue weighted by atomic mass is 10.1. The van der Waals surface area contributed by atoms with Crippen LogP contribution in [0.4, 0.5) is 0 Å². The number of nitrogens with zero attached hydrogens (tertiary/aromatic N) is 2. The predicted molar refractivity (Wildman–Crippen MR) is 99.0 cm³/mol. The number of rotatable bonds is 3. The van der Waals surface area contributed by atoms with Crippen molar-refractivity contribution in [3.05, 3.63) is 77.6 Å². The van der Waals surface area contributed by atoms with E-state index in [-0.39, 0.29) is 0 Å². The molecule has 4 aromatic rings. The summed E-state index contributed by atoms with van der Waals surface area (Å²) in [7, 11) is 0. The number of hydrogen-bond donors (Lipinski definition) is 0. The average molecular weight is 312 g/mol. The van der Waals surface area contributed by atoms with E-state index < -0.39 is 0 Å². The van der Waals surface area contributed by atoms with Crippen molar-refractivity contribution in [3.63, 3.8) is 0 Å². The third kappa shape index (κ3) is 2.31. The molecule has 0 N–H and O–H groups in total. The van der Waals surface area contributed by atoms with Crippen molar-refractivity contribution >= 4 is 40.4 Å². The first-order chi connectivity index (χ1) is 11.8. The third-order valence-corrected chi connectivity index (χ3v) is 4.22. The number of carbonyl (C=O) groups excluding carboxylic acids is 1. The summed E-state index contributed by atoms with van der Waals surface area (Å²) in [4.78, 5) is 15.6. The maximum Gasteiger partial charge on any atom is 0.168 e. The number of aldehydes is 1. The van der Waals surface area contributed by atoms with E-state index in [0.29, 0.717) is 5.69 Å². The van der Waals surface area contributed by atoms with E-state index in [9.17, 15) is 4.79 Å². The van der Waals surface area contributed by atoms with Gasteiger partial charge in [0.15, 0.2) is 6.29 Å². The maximum atomic E-state index is 11.2. The Hall–Kier alpha value is -3.20. The Kier molecular flexibility index (Phi) is 3.47. The maximum absolute atomic E-state index is 11.2. The molecule has 0 bridgehead atoms. The molecular weight excluding hydrogens is 296 g/mol. The zero-order valence-corrected chi connectivity index (χ0v) is 13.3. The van der Waals surface area contributed by atoms with Crippen molar-refractivity contribution in [1.29, 1.82) is 0 Å². The van der Waals surface area contributed by atoms with Crippen molar-refractivity contribution in [2.45, 2.75) is 6.92 Å². The molecule has 0 saturated heterocycles. The summed E-state index contributed by atoms with van der Waals surface area (Å²) in [5.41, 5.74) is 4.60. The monoisotopic (exact) mass is 312 g/mol. The molecule has 24 heavy (non-hydrogen) atoms. The Labute approximate surface area is 139 Å². The van der Waals surface area contributed by atoms with Crippen molar-refractivity contribution in [3.8, 4) is 0 Å². The fraction of sp³-hybridized carbons (Fsp3) is 0.0476. The molecule has 3 nitrogen and oxygen atoms in total. The highest BCUT2D eigenvalue weighted by Crippen LogP contribution is 2.31. The highest BCUT2D eigenvalue weighted by Gasteiger charge is 2.13. The Bertz CT molecular complexity index is 1080. The molecule has 0 aliphatic rings. The van der Waals surface area contributed by atoms with Gasteiger partial charge in [0, 0.05) is 17.0 Å². The van der Waals surface area contributed by atoms with Gasteiger partial charge in [0.25, 0.3) is 0 Å². The number of aryl methyl sites for hydroxylation is 1. The van der Waals surface area contributed by atoms with Gasteiger partial charge in [-0.05, 0) is 30.7 Å². The molecule has 0 atom stereocenters. The summed E-state index contributed by atoms with van der Waals surface area (Å²) in [6, 6.07) is 20.3. The molecule has 0 aliphatic heterocycles. The van der Waals surface area contributed by atoms with Crippen LogP contribution in [-0.4, -0.2) is 15.8 Å². The Balaban J connectivity index is 2.02. The minimum atomic E-state index is 0.468. The topological polar surface area (TPSA) is 34.9 Å². The second-order valence-electron chi connectivity index (χ2n) is 5.76. The quantitative estimate of drug-likeness (QED) is 0.502. The standard InChI is InChI=1S/C21H16N2O/c1-15-21-19(13-17(14-24)22-15)18-9-5-6-10-20(18)23(21)12-11-16-7-3-2-4-8-16/h2-14H,1H3/b12-11+. The van der Waals surface area contributed by atoms with Crippen LogP contribution in [0.15, 0.2) is 60.7 Å². The number of pyridine rings is 1. The molecule has 0 radical (unpaired) electrons. The van der Waals surface area contributed by atoms with Gasteiger partial charge < -0.3 is 4.57 Å². The van der Waals surface area contributed by atoms with Crippen LogP contribution in [0.1, 0.15) is 21.7 Å². The first-order valence-corrected chi connectivity index (χ1v) is 7.86. The summed E-state index contributed by atoms with van der Waals surface area (Å²) in [5, 5.41) is 2.18. The molecule has 0 spiro atoms. The minimum absolute atomic E-state index is 0.468. The Morgan fingerprint density at radius 2 is 1.71 bits per heavy atom. The molecule has 0 saturated carbocycles. The molecule has 0 fully saturated rings. The van der Waals surface area contributed by atoms with Crippen LogP contribution in [0.3, 0.4) is 0 Å². The average Bonchev–Trinajstić information content (AvgIpc) is 2.95. The number of carbonyl (C=O) groups is 1. The molecule has 0 amide bonds. The smallest absolute Gasteiger partial charge is 0.168 e. The second-order valence-corrected chi connectivity index (χ2v) is 5.76. The lowest BCUT2D eigenvalue weighted by molar-refractivity contribution is 0.111. The first kappa shape index (κ1) is 14.4. The minimum Gasteiger partial charge on any atom is -0.314 e. The van der Waals surface area contributed by atoms with Gasteiger partial charge in [-0.3, -0.25) is 4.79 Å². The summed E-state index contributed by atoms with van der Waals surface area (Å²) in [5.74, 6) is 0. The van der Waals surface area contributed by atoms with E-state index in [1.165, 1.54) is 0 Å².